The molecule has 0 radical (unpaired) electrons. The molecule has 33 heavy (non-hydrogen) atoms. The number of para-hydroxylation sites is 2. The first-order valence-electron chi connectivity index (χ1n) is 11.4. The molecule has 3 aromatic carbocycles. The molecule has 0 aliphatic heterocycles. The van der Waals surface area contributed by atoms with E-state index in [1.54, 1.807) is 13.3 Å². The number of nitrogens with zero attached hydrogens (tertiary/aromatic N) is 2. The van der Waals surface area contributed by atoms with E-state index in [1.807, 2.05) is 30.5 Å². The van der Waals surface area contributed by atoms with Crippen LogP contribution in [0.25, 0.3) is 0 Å². The van der Waals surface area contributed by atoms with Crippen LogP contribution in [0.15, 0.2) is 103 Å². The van der Waals surface area contributed by atoms with Gasteiger partial charge < -0.3 is 14.4 Å². The third kappa shape index (κ3) is 6.13. The minimum absolute atomic E-state index is 0.635. The summed E-state index contributed by atoms with van der Waals surface area (Å²) < 4.78 is 12.0. The number of aryl methyl sites for hydroxylation is 1. The average molecular weight is 439 g/mol. The Morgan fingerprint density at radius 2 is 1.52 bits per heavy atom. The molecule has 0 atom stereocenters. The predicted molar refractivity (Wildman–Crippen MR) is 134 cm³/mol. The topological polar surface area (TPSA) is 34.6 Å². The highest BCUT2D eigenvalue weighted by atomic mass is 16.5. The van der Waals surface area contributed by atoms with Crippen LogP contribution in [-0.4, -0.2) is 18.7 Å². The van der Waals surface area contributed by atoms with Crippen molar-refractivity contribution in [2.45, 2.75) is 25.8 Å². The van der Waals surface area contributed by atoms with Crippen LogP contribution < -0.4 is 14.4 Å². The molecule has 1 heterocycles. The van der Waals surface area contributed by atoms with Gasteiger partial charge in [0.15, 0.2) is 11.5 Å². The maximum atomic E-state index is 6.36. The highest BCUT2D eigenvalue weighted by Crippen LogP contribution is 2.41. The summed E-state index contributed by atoms with van der Waals surface area (Å²) in [5, 5.41) is 0. The Kier molecular flexibility index (Phi) is 7.96. The number of hydrogen-bond donors (Lipinski definition) is 0. The number of benzene rings is 3. The van der Waals surface area contributed by atoms with Gasteiger partial charge >= 0.3 is 0 Å². The lowest BCUT2D eigenvalue weighted by molar-refractivity contribution is 0.287. The molecule has 4 rings (SSSR count). The Labute approximate surface area is 196 Å². The number of hydrogen-bond acceptors (Lipinski definition) is 4. The molecule has 4 heteroatoms. The first-order valence-corrected chi connectivity index (χ1v) is 11.4. The Hall–Kier alpha value is -3.79. The van der Waals surface area contributed by atoms with Crippen LogP contribution in [0.2, 0.25) is 0 Å². The second kappa shape index (κ2) is 11.7. The molecule has 0 N–H and O–H groups in total. The fourth-order valence-corrected chi connectivity index (χ4v) is 3.87. The first-order chi connectivity index (χ1) is 16.3. The summed E-state index contributed by atoms with van der Waals surface area (Å²) in [6.07, 6.45) is 6.80. The lowest BCUT2D eigenvalue weighted by Gasteiger charge is -2.28. The van der Waals surface area contributed by atoms with E-state index in [2.05, 4.69) is 76.6 Å². The van der Waals surface area contributed by atoms with Crippen LogP contribution in [0, 0.1) is 0 Å². The molecule has 0 fully saturated rings. The number of aromatic nitrogens is 1. The predicted octanol–water partition coefficient (Wildman–Crippen LogP) is 6.83. The van der Waals surface area contributed by atoms with Crippen molar-refractivity contribution >= 4 is 11.4 Å². The van der Waals surface area contributed by atoms with Gasteiger partial charge in [-0.3, -0.25) is 4.98 Å². The van der Waals surface area contributed by atoms with Gasteiger partial charge in [-0.2, -0.15) is 0 Å². The molecule has 4 nitrogen and oxygen atoms in total. The van der Waals surface area contributed by atoms with Crippen molar-refractivity contribution in [1.82, 2.24) is 4.98 Å². The maximum absolute atomic E-state index is 6.36. The zero-order valence-electron chi connectivity index (χ0n) is 19.1. The fourth-order valence-electron chi connectivity index (χ4n) is 3.87. The van der Waals surface area contributed by atoms with Gasteiger partial charge in [0, 0.05) is 24.6 Å². The highest BCUT2D eigenvalue weighted by Gasteiger charge is 2.19. The Bertz CT molecular complexity index is 1100. The van der Waals surface area contributed by atoms with Gasteiger partial charge in [-0.05, 0) is 60.7 Å². The standard InChI is InChI=1S/C29H30N2O2/c1-32-28-19-10-18-27(29(28)33-21-9-8-14-24-12-4-2-5-13-24)31(26-16-6-3-7-17-26)23-25-15-11-20-30-22-25/h2-7,10-13,15-20,22H,8-9,14,21,23H2,1H3. The first kappa shape index (κ1) is 22.4. The van der Waals surface area contributed by atoms with Crippen molar-refractivity contribution < 1.29 is 9.47 Å². The largest absolute Gasteiger partial charge is 0.493 e. The van der Waals surface area contributed by atoms with E-state index < -0.39 is 0 Å². The number of rotatable bonds is 11. The van der Waals surface area contributed by atoms with Gasteiger partial charge in [-0.15, -0.1) is 0 Å². The fraction of sp³-hybridized carbons (Fsp3) is 0.207. The average Bonchev–Trinajstić information content (AvgIpc) is 2.89. The molecule has 0 unspecified atom stereocenters. The summed E-state index contributed by atoms with van der Waals surface area (Å²) in [7, 11) is 1.69. The third-order valence-corrected chi connectivity index (χ3v) is 5.55. The van der Waals surface area contributed by atoms with Crippen molar-refractivity contribution in [3.63, 3.8) is 0 Å². The van der Waals surface area contributed by atoms with Gasteiger partial charge in [-0.1, -0.05) is 60.7 Å². The normalized spacial score (nSPS) is 10.6. The van der Waals surface area contributed by atoms with Gasteiger partial charge in [0.25, 0.3) is 0 Å². The monoisotopic (exact) mass is 438 g/mol. The second-order valence-electron chi connectivity index (χ2n) is 7.88. The lowest BCUT2D eigenvalue weighted by atomic mass is 10.1. The van der Waals surface area contributed by atoms with Crippen molar-refractivity contribution in [2.24, 2.45) is 0 Å². The van der Waals surface area contributed by atoms with Gasteiger partial charge in [0.1, 0.15) is 0 Å². The van der Waals surface area contributed by atoms with Crippen LogP contribution >= 0.6 is 0 Å². The molecule has 0 amide bonds. The van der Waals surface area contributed by atoms with Crippen LogP contribution in [0.4, 0.5) is 11.4 Å². The molecule has 1 aromatic heterocycles. The Morgan fingerprint density at radius 1 is 0.758 bits per heavy atom. The summed E-state index contributed by atoms with van der Waals surface area (Å²) >= 11 is 0. The summed E-state index contributed by atoms with van der Waals surface area (Å²) in [6, 6.07) is 31.1. The zero-order chi connectivity index (χ0) is 22.7. The van der Waals surface area contributed by atoms with E-state index in [1.165, 1.54) is 5.56 Å². The molecule has 0 bridgehead atoms. The van der Waals surface area contributed by atoms with E-state index in [0.29, 0.717) is 13.2 Å². The number of ether oxygens (including phenoxy) is 2. The van der Waals surface area contributed by atoms with Crippen LogP contribution in [0.5, 0.6) is 11.5 Å². The van der Waals surface area contributed by atoms with Gasteiger partial charge in [0.05, 0.1) is 19.4 Å². The van der Waals surface area contributed by atoms with Crippen LogP contribution in [0.1, 0.15) is 24.0 Å². The maximum Gasteiger partial charge on any atom is 0.184 e. The zero-order valence-corrected chi connectivity index (χ0v) is 19.1. The van der Waals surface area contributed by atoms with E-state index in [4.69, 9.17) is 9.47 Å². The Morgan fingerprint density at radius 3 is 2.24 bits per heavy atom. The van der Waals surface area contributed by atoms with Crippen LogP contribution in [-0.2, 0) is 13.0 Å². The molecule has 0 saturated carbocycles. The number of anilines is 2. The quantitative estimate of drug-likeness (QED) is 0.240. The molecule has 0 aliphatic rings. The molecule has 0 saturated heterocycles. The van der Waals surface area contributed by atoms with E-state index in [9.17, 15) is 0 Å². The Balaban J connectivity index is 1.54. The molecular weight excluding hydrogens is 408 g/mol. The highest BCUT2D eigenvalue weighted by molar-refractivity contribution is 5.72. The number of methoxy groups -OCH3 is 1. The molecule has 0 spiro atoms. The third-order valence-electron chi connectivity index (χ3n) is 5.55. The number of pyridine rings is 1. The molecule has 0 aliphatic carbocycles. The van der Waals surface area contributed by atoms with Crippen molar-refractivity contribution in [2.75, 3.05) is 18.6 Å². The SMILES string of the molecule is COc1cccc(N(Cc2cccnc2)c2ccccc2)c1OCCCCc1ccccc1. The lowest BCUT2D eigenvalue weighted by Crippen LogP contribution is -2.18. The summed E-state index contributed by atoms with van der Waals surface area (Å²) in [5.41, 5.74) is 4.55. The summed E-state index contributed by atoms with van der Waals surface area (Å²) in [6.45, 7) is 1.31. The molecule has 4 aromatic rings. The molecular formula is C29H30N2O2. The van der Waals surface area contributed by atoms with Crippen LogP contribution in [0.3, 0.4) is 0 Å². The van der Waals surface area contributed by atoms with Gasteiger partial charge in [-0.25, -0.2) is 0 Å². The van der Waals surface area contributed by atoms with Crippen molar-refractivity contribution in [1.29, 1.82) is 0 Å². The van der Waals surface area contributed by atoms with Crippen molar-refractivity contribution in [3.05, 3.63) is 115 Å². The molecule has 168 valence electrons. The summed E-state index contributed by atoms with van der Waals surface area (Å²) in [5.74, 6) is 1.51. The minimum Gasteiger partial charge on any atom is -0.493 e. The summed E-state index contributed by atoms with van der Waals surface area (Å²) in [4.78, 5) is 6.54. The van der Waals surface area contributed by atoms with Crippen molar-refractivity contribution in [3.8, 4) is 11.5 Å². The van der Waals surface area contributed by atoms with E-state index >= 15 is 0 Å². The van der Waals surface area contributed by atoms with E-state index in [0.717, 1.165) is 47.7 Å². The number of unbranched alkanes of at least 4 members (excludes halogenated alkanes) is 1. The van der Waals surface area contributed by atoms with Gasteiger partial charge in [0.2, 0.25) is 0 Å². The second-order valence-corrected chi connectivity index (χ2v) is 7.88. The smallest absolute Gasteiger partial charge is 0.184 e. The minimum atomic E-state index is 0.635. The van der Waals surface area contributed by atoms with E-state index in [-0.39, 0.29) is 0 Å².